The van der Waals surface area contributed by atoms with Crippen molar-refractivity contribution >= 4 is 35.6 Å². The zero-order chi connectivity index (χ0) is 33.5. The molecule has 0 aliphatic carbocycles. The van der Waals surface area contributed by atoms with E-state index in [0.717, 1.165) is 75.7 Å². The highest BCUT2D eigenvalue weighted by molar-refractivity contribution is 7.94. The number of amides is 1. The van der Waals surface area contributed by atoms with Crippen molar-refractivity contribution in [3.05, 3.63) is 58.9 Å². The number of halogens is 2. The average Bonchev–Trinajstić information content (AvgIpc) is 3.45. The first-order chi connectivity index (χ1) is 22.1. The van der Waals surface area contributed by atoms with Crippen LogP contribution in [0.2, 0.25) is 0 Å². The molecule has 0 saturated carbocycles. The molecular formula is C36H52ClFN2O5S. The molecule has 1 atom stereocenters. The maximum absolute atomic E-state index is 14.4. The quantitative estimate of drug-likeness (QED) is 0.0600. The molecule has 1 aliphatic heterocycles. The largest absolute Gasteiger partial charge is 0.493 e. The summed E-state index contributed by atoms with van der Waals surface area (Å²) in [6.45, 7) is 11.0. The van der Waals surface area contributed by atoms with Gasteiger partial charge in [0.15, 0.2) is 11.5 Å². The lowest BCUT2D eigenvalue weighted by molar-refractivity contribution is 0.00229. The highest BCUT2D eigenvalue weighted by atomic mass is 35.5. The zero-order valence-electron chi connectivity index (χ0n) is 28.4. The summed E-state index contributed by atoms with van der Waals surface area (Å²) >= 11 is 6.94. The van der Waals surface area contributed by atoms with E-state index in [4.69, 9.17) is 30.0 Å². The number of carbonyl (C=O) groups is 1. The lowest BCUT2D eigenvalue weighted by Crippen LogP contribution is -2.40. The maximum Gasteiger partial charge on any atom is 0.254 e. The summed E-state index contributed by atoms with van der Waals surface area (Å²) in [7, 11) is 3.08. The molecule has 0 aromatic heterocycles. The number of benzene rings is 2. The fourth-order valence-corrected chi connectivity index (χ4v) is 6.53. The summed E-state index contributed by atoms with van der Waals surface area (Å²) in [5.41, 5.74) is 1.49. The first-order valence-corrected chi connectivity index (χ1v) is 17.7. The fraction of sp³-hybridized carbons (Fsp3) is 0.583. The van der Waals surface area contributed by atoms with Gasteiger partial charge in [-0.25, -0.2) is 4.39 Å². The van der Waals surface area contributed by atoms with Crippen molar-refractivity contribution < 1.29 is 27.6 Å². The molecule has 0 bridgehead atoms. The summed E-state index contributed by atoms with van der Waals surface area (Å²) in [6, 6.07) is 10.5. The Morgan fingerprint density at radius 1 is 1.13 bits per heavy atom. The SMILES string of the molecule is COc1cc(C(=O)N(CCN2CCCC2C)C/C(C)=C/c2ccccc2F)cc(OSCOC(C)(C)CCCCCCCl)c1OC. The van der Waals surface area contributed by atoms with Crippen molar-refractivity contribution in [3.8, 4) is 17.2 Å². The molecule has 1 fully saturated rings. The van der Waals surface area contributed by atoms with Crippen molar-refractivity contribution in [2.24, 2.45) is 0 Å². The van der Waals surface area contributed by atoms with Crippen molar-refractivity contribution in [1.29, 1.82) is 0 Å². The number of methoxy groups -OCH3 is 2. The minimum atomic E-state index is -0.293. The summed E-state index contributed by atoms with van der Waals surface area (Å²) < 4.78 is 37.8. The van der Waals surface area contributed by atoms with E-state index in [1.165, 1.54) is 13.2 Å². The molecule has 10 heteroatoms. The summed E-state index contributed by atoms with van der Waals surface area (Å²) in [4.78, 5) is 18.4. The van der Waals surface area contributed by atoms with Gasteiger partial charge in [-0.15, -0.1) is 11.6 Å². The van der Waals surface area contributed by atoms with Crippen LogP contribution in [0.15, 0.2) is 42.0 Å². The van der Waals surface area contributed by atoms with Gasteiger partial charge in [0.1, 0.15) is 11.8 Å². The number of rotatable bonds is 20. The molecule has 0 radical (unpaired) electrons. The van der Waals surface area contributed by atoms with Crippen LogP contribution < -0.4 is 13.7 Å². The summed E-state index contributed by atoms with van der Waals surface area (Å²) in [5, 5.41) is 0. The van der Waals surface area contributed by atoms with E-state index in [0.29, 0.717) is 59.3 Å². The molecule has 3 rings (SSSR count). The minimum Gasteiger partial charge on any atom is -0.493 e. The molecule has 46 heavy (non-hydrogen) atoms. The first-order valence-electron chi connectivity index (χ1n) is 16.3. The number of hydrogen-bond donors (Lipinski definition) is 0. The molecule has 1 aliphatic rings. The van der Waals surface area contributed by atoms with Crippen LogP contribution in [-0.4, -0.2) is 79.6 Å². The van der Waals surface area contributed by atoms with Crippen molar-refractivity contribution in [3.63, 3.8) is 0 Å². The molecule has 0 N–H and O–H groups in total. The third kappa shape index (κ3) is 12.0. The number of nitrogens with zero attached hydrogens (tertiary/aromatic N) is 2. The Hall–Kier alpha value is -2.46. The Kier molecular flexibility index (Phi) is 16.0. The van der Waals surface area contributed by atoms with Gasteiger partial charge in [-0.05, 0) is 78.1 Å². The van der Waals surface area contributed by atoms with Crippen LogP contribution in [0.25, 0.3) is 6.08 Å². The Labute approximate surface area is 284 Å². The number of hydrogen-bond acceptors (Lipinski definition) is 7. The number of unbranched alkanes of at least 4 members (excludes halogenated alkanes) is 3. The molecule has 256 valence electrons. The second-order valence-electron chi connectivity index (χ2n) is 12.6. The van der Waals surface area contributed by atoms with Crippen LogP contribution >= 0.6 is 23.6 Å². The third-order valence-corrected chi connectivity index (χ3v) is 9.16. The number of alkyl halides is 1. The van der Waals surface area contributed by atoms with Crippen LogP contribution in [0.4, 0.5) is 4.39 Å². The van der Waals surface area contributed by atoms with Crippen LogP contribution in [0.1, 0.15) is 88.6 Å². The van der Waals surface area contributed by atoms with E-state index < -0.39 is 0 Å². The molecule has 1 heterocycles. The van der Waals surface area contributed by atoms with Gasteiger partial charge in [-0.1, -0.05) is 49.1 Å². The molecule has 2 aromatic rings. The topological polar surface area (TPSA) is 60.5 Å². The lowest BCUT2D eigenvalue weighted by Gasteiger charge is -2.28. The van der Waals surface area contributed by atoms with Crippen LogP contribution in [-0.2, 0) is 4.74 Å². The molecule has 2 aromatic carbocycles. The third-order valence-electron chi connectivity index (χ3n) is 8.38. The Morgan fingerprint density at radius 3 is 2.54 bits per heavy atom. The number of ether oxygens (including phenoxy) is 3. The Morgan fingerprint density at radius 2 is 1.87 bits per heavy atom. The maximum atomic E-state index is 14.4. The molecule has 7 nitrogen and oxygen atoms in total. The van der Waals surface area contributed by atoms with E-state index in [1.807, 2.05) is 11.8 Å². The standard InChI is InChI=1S/C36H52ClFN2O5S/c1-27(22-29-15-9-10-16-31(29)38)25-40(21-20-39-19-13-14-28(39)2)35(41)30-23-32(42-5)34(43-6)33(24-30)45-46-26-44-36(3,4)17-11-7-8-12-18-37/h9-10,15-16,22-24,28H,7-8,11-14,17-21,25-26H2,1-6H3/b27-22+. The highest BCUT2D eigenvalue weighted by Crippen LogP contribution is 2.40. The number of carbonyl (C=O) groups excluding carboxylic acids is 1. The molecule has 0 spiro atoms. The normalized spacial score (nSPS) is 15.7. The van der Waals surface area contributed by atoms with Crippen LogP contribution in [0, 0.1) is 5.82 Å². The van der Waals surface area contributed by atoms with E-state index in [-0.39, 0.29) is 17.3 Å². The van der Waals surface area contributed by atoms with Gasteiger partial charge in [0, 0.05) is 42.7 Å². The van der Waals surface area contributed by atoms with E-state index in [1.54, 1.807) is 43.5 Å². The van der Waals surface area contributed by atoms with Gasteiger partial charge in [-0.3, -0.25) is 9.69 Å². The molecular weight excluding hydrogens is 627 g/mol. The van der Waals surface area contributed by atoms with Gasteiger partial charge < -0.3 is 23.3 Å². The van der Waals surface area contributed by atoms with Crippen molar-refractivity contribution in [2.75, 3.05) is 52.2 Å². The van der Waals surface area contributed by atoms with Crippen LogP contribution in [0.5, 0.6) is 17.2 Å². The van der Waals surface area contributed by atoms with E-state index >= 15 is 0 Å². The molecule has 1 amide bonds. The monoisotopic (exact) mass is 678 g/mol. The van der Waals surface area contributed by atoms with E-state index in [2.05, 4.69) is 25.7 Å². The van der Waals surface area contributed by atoms with Gasteiger partial charge in [0.25, 0.3) is 5.91 Å². The predicted molar refractivity (Wildman–Crippen MR) is 188 cm³/mol. The second kappa shape index (κ2) is 19.4. The van der Waals surface area contributed by atoms with Crippen molar-refractivity contribution in [1.82, 2.24) is 9.80 Å². The Balaban J connectivity index is 1.76. The Bertz CT molecular complexity index is 1280. The summed E-state index contributed by atoms with van der Waals surface area (Å²) in [5.74, 6) is 1.72. The first kappa shape index (κ1) is 38.0. The average molecular weight is 679 g/mol. The molecule has 1 saturated heterocycles. The predicted octanol–water partition coefficient (Wildman–Crippen LogP) is 8.84. The molecule has 1 unspecified atom stereocenters. The second-order valence-corrected chi connectivity index (χ2v) is 13.6. The van der Waals surface area contributed by atoms with Gasteiger partial charge in [0.2, 0.25) is 5.75 Å². The van der Waals surface area contributed by atoms with Gasteiger partial charge in [-0.2, -0.15) is 0 Å². The fourth-order valence-electron chi connectivity index (χ4n) is 5.67. The van der Waals surface area contributed by atoms with Gasteiger partial charge in [0.05, 0.1) is 31.9 Å². The highest BCUT2D eigenvalue weighted by Gasteiger charge is 2.25. The van der Waals surface area contributed by atoms with Crippen LogP contribution in [0.3, 0.4) is 0 Å². The number of likely N-dealkylation sites (tertiary alicyclic amines) is 1. The van der Waals surface area contributed by atoms with Crippen molar-refractivity contribution in [2.45, 2.75) is 84.3 Å². The minimum absolute atomic E-state index is 0.171. The smallest absolute Gasteiger partial charge is 0.254 e. The van der Waals surface area contributed by atoms with E-state index in [9.17, 15) is 9.18 Å². The van der Waals surface area contributed by atoms with Gasteiger partial charge >= 0.3 is 0 Å². The summed E-state index contributed by atoms with van der Waals surface area (Å²) in [6.07, 6.45) is 9.43. The zero-order valence-corrected chi connectivity index (χ0v) is 30.0. The lowest BCUT2D eigenvalue weighted by atomic mass is 10.00.